The largest absolute Gasteiger partial charge is 0.497 e. The quantitative estimate of drug-likeness (QED) is 0.830. The Morgan fingerprint density at radius 3 is 2.42 bits per heavy atom. The summed E-state index contributed by atoms with van der Waals surface area (Å²) >= 11 is 1.63. The lowest BCUT2D eigenvalue weighted by molar-refractivity contribution is -0.138. The Morgan fingerprint density at radius 2 is 1.83 bits per heavy atom. The lowest BCUT2D eigenvalue weighted by atomic mass is 10.2. The summed E-state index contributed by atoms with van der Waals surface area (Å²) in [6, 6.07) is 7.25. The van der Waals surface area contributed by atoms with Gasteiger partial charge in [0, 0.05) is 37.8 Å². The zero-order valence-electron chi connectivity index (χ0n) is 13.8. The number of carbonyl (C=O) groups is 1. The number of amides is 1. The SMILES string of the molecule is COc1ccc(OC(C)C(=O)N2CCN(c3nccs3)CC2)cc1. The van der Waals surface area contributed by atoms with Crippen LogP contribution in [0.3, 0.4) is 0 Å². The smallest absolute Gasteiger partial charge is 0.263 e. The molecule has 0 spiro atoms. The summed E-state index contributed by atoms with van der Waals surface area (Å²) in [6.07, 6.45) is 1.30. The number of ether oxygens (including phenoxy) is 2. The van der Waals surface area contributed by atoms with Gasteiger partial charge in [-0.25, -0.2) is 4.98 Å². The summed E-state index contributed by atoms with van der Waals surface area (Å²) in [5, 5.41) is 2.99. The highest BCUT2D eigenvalue weighted by Crippen LogP contribution is 2.21. The molecule has 1 aliphatic rings. The van der Waals surface area contributed by atoms with E-state index in [2.05, 4.69) is 9.88 Å². The Bertz CT molecular complexity index is 652. The van der Waals surface area contributed by atoms with Crippen LogP contribution in [0, 0.1) is 0 Å². The van der Waals surface area contributed by atoms with Crippen LogP contribution in [-0.4, -0.2) is 55.2 Å². The van der Waals surface area contributed by atoms with Crippen molar-refractivity contribution in [2.24, 2.45) is 0 Å². The molecule has 1 atom stereocenters. The number of rotatable bonds is 5. The fraction of sp³-hybridized carbons (Fsp3) is 0.412. The second-order valence-corrected chi connectivity index (χ2v) is 6.44. The summed E-state index contributed by atoms with van der Waals surface area (Å²) in [6.45, 7) is 4.77. The first-order chi connectivity index (χ1) is 11.7. The molecule has 1 amide bonds. The van der Waals surface area contributed by atoms with E-state index in [1.807, 2.05) is 40.7 Å². The van der Waals surface area contributed by atoms with Crippen molar-refractivity contribution in [3.63, 3.8) is 0 Å². The van der Waals surface area contributed by atoms with Crippen LogP contribution in [0.5, 0.6) is 11.5 Å². The summed E-state index contributed by atoms with van der Waals surface area (Å²) in [5.41, 5.74) is 0. The average molecular weight is 347 g/mol. The van der Waals surface area contributed by atoms with Gasteiger partial charge >= 0.3 is 0 Å². The van der Waals surface area contributed by atoms with Crippen molar-refractivity contribution in [3.05, 3.63) is 35.8 Å². The van der Waals surface area contributed by atoms with Crippen LogP contribution < -0.4 is 14.4 Å². The number of hydrogen-bond acceptors (Lipinski definition) is 6. The molecule has 1 aliphatic heterocycles. The van der Waals surface area contributed by atoms with E-state index in [1.54, 1.807) is 25.4 Å². The molecule has 0 radical (unpaired) electrons. The molecule has 6 nitrogen and oxygen atoms in total. The van der Waals surface area contributed by atoms with Gasteiger partial charge in [-0.05, 0) is 31.2 Å². The summed E-state index contributed by atoms with van der Waals surface area (Å²) < 4.78 is 10.9. The second-order valence-electron chi connectivity index (χ2n) is 5.56. The van der Waals surface area contributed by atoms with Gasteiger partial charge in [0.1, 0.15) is 11.5 Å². The van der Waals surface area contributed by atoms with Crippen LogP contribution in [0.1, 0.15) is 6.92 Å². The average Bonchev–Trinajstić information content (AvgIpc) is 3.16. The molecule has 3 rings (SSSR count). The van der Waals surface area contributed by atoms with Crippen molar-refractivity contribution < 1.29 is 14.3 Å². The summed E-state index contributed by atoms with van der Waals surface area (Å²) in [5.74, 6) is 1.45. The van der Waals surface area contributed by atoms with E-state index in [1.165, 1.54) is 0 Å². The number of thiazole rings is 1. The van der Waals surface area contributed by atoms with Crippen LogP contribution in [0.2, 0.25) is 0 Å². The molecule has 24 heavy (non-hydrogen) atoms. The number of nitrogens with zero attached hydrogens (tertiary/aromatic N) is 3. The molecule has 1 unspecified atom stereocenters. The molecule has 0 N–H and O–H groups in total. The molecule has 1 fully saturated rings. The van der Waals surface area contributed by atoms with Gasteiger partial charge in [0.2, 0.25) is 0 Å². The van der Waals surface area contributed by atoms with Crippen molar-refractivity contribution in [3.8, 4) is 11.5 Å². The lowest BCUT2D eigenvalue weighted by Crippen LogP contribution is -2.52. The molecule has 0 aliphatic carbocycles. The molecule has 2 heterocycles. The Labute approximate surface area is 145 Å². The summed E-state index contributed by atoms with van der Waals surface area (Å²) in [7, 11) is 1.62. The van der Waals surface area contributed by atoms with Crippen LogP contribution in [-0.2, 0) is 4.79 Å². The molecule has 7 heteroatoms. The molecular weight excluding hydrogens is 326 g/mol. The van der Waals surface area contributed by atoms with Crippen LogP contribution >= 0.6 is 11.3 Å². The van der Waals surface area contributed by atoms with Gasteiger partial charge in [0.25, 0.3) is 5.91 Å². The second kappa shape index (κ2) is 7.53. The normalized spacial score (nSPS) is 15.9. The predicted octanol–water partition coefficient (Wildman–Crippen LogP) is 2.27. The predicted molar refractivity (Wildman–Crippen MR) is 94.0 cm³/mol. The highest BCUT2D eigenvalue weighted by Gasteiger charge is 2.26. The zero-order valence-corrected chi connectivity index (χ0v) is 14.7. The Morgan fingerprint density at radius 1 is 1.17 bits per heavy atom. The van der Waals surface area contributed by atoms with Gasteiger partial charge in [-0.15, -0.1) is 11.3 Å². The molecule has 0 saturated carbocycles. The Kier molecular flexibility index (Phi) is 5.20. The van der Waals surface area contributed by atoms with Gasteiger partial charge < -0.3 is 19.3 Å². The number of piperazine rings is 1. The van der Waals surface area contributed by atoms with Crippen LogP contribution in [0.25, 0.3) is 0 Å². The first-order valence-corrected chi connectivity index (χ1v) is 8.79. The molecule has 1 aromatic carbocycles. The first kappa shape index (κ1) is 16.6. The van der Waals surface area contributed by atoms with E-state index in [4.69, 9.17) is 9.47 Å². The minimum Gasteiger partial charge on any atom is -0.497 e. The maximum atomic E-state index is 12.6. The molecule has 1 aromatic heterocycles. The topological polar surface area (TPSA) is 54.9 Å². The molecule has 2 aromatic rings. The van der Waals surface area contributed by atoms with Crippen molar-refractivity contribution >= 4 is 22.4 Å². The van der Waals surface area contributed by atoms with E-state index in [0.29, 0.717) is 18.8 Å². The molecule has 0 bridgehead atoms. The Hall–Kier alpha value is -2.28. The van der Waals surface area contributed by atoms with Crippen LogP contribution in [0.15, 0.2) is 35.8 Å². The number of benzene rings is 1. The molecule has 128 valence electrons. The van der Waals surface area contributed by atoms with Gasteiger partial charge in [-0.1, -0.05) is 0 Å². The highest BCUT2D eigenvalue weighted by atomic mass is 32.1. The molecular formula is C17H21N3O3S. The van der Waals surface area contributed by atoms with Crippen molar-refractivity contribution in [1.82, 2.24) is 9.88 Å². The van der Waals surface area contributed by atoms with Crippen LogP contribution in [0.4, 0.5) is 5.13 Å². The fourth-order valence-corrected chi connectivity index (χ4v) is 3.35. The number of anilines is 1. The maximum Gasteiger partial charge on any atom is 0.263 e. The fourth-order valence-electron chi connectivity index (χ4n) is 2.66. The van der Waals surface area contributed by atoms with Crippen molar-refractivity contribution in [2.75, 3.05) is 38.2 Å². The van der Waals surface area contributed by atoms with Gasteiger partial charge in [-0.3, -0.25) is 4.79 Å². The first-order valence-electron chi connectivity index (χ1n) is 7.91. The maximum absolute atomic E-state index is 12.6. The highest BCUT2D eigenvalue weighted by molar-refractivity contribution is 7.13. The minimum absolute atomic E-state index is 0.0182. The summed E-state index contributed by atoms with van der Waals surface area (Å²) in [4.78, 5) is 21.0. The van der Waals surface area contributed by atoms with Gasteiger partial charge in [0.05, 0.1) is 7.11 Å². The zero-order chi connectivity index (χ0) is 16.9. The van der Waals surface area contributed by atoms with E-state index >= 15 is 0 Å². The number of methoxy groups -OCH3 is 1. The van der Waals surface area contributed by atoms with E-state index in [9.17, 15) is 4.79 Å². The standard InChI is InChI=1S/C17H21N3O3S/c1-13(23-15-5-3-14(22-2)4-6-15)16(21)19-8-10-20(11-9-19)17-18-7-12-24-17/h3-7,12-13H,8-11H2,1-2H3. The number of aromatic nitrogens is 1. The number of carbonyl (C=O) groups excluding carboxylic acids is 1. The van der Waals surface area contributed by atoms with Crippen molar-refractivity contribution in [1.29, 1.82) is 0 Å². The third-order valence-electron chi connectivity index (χ3n) is 4.00. The van der Waals surface area contributed by atoms with Gasteiger partial charge in [0.15, 0.2) is 11.2 Å². The number of hydrogen-bond donors (Lipinski definition) is 0. The van der Waals surface area contributed by atoms with E-state index < -0.39 is 6.10 Å². The van der Waals surface area contributed by atoms with Crippen molar-refractivity contribution in [2.45, 2.75) is 13.0 Å². The van der Waals surface area contributed by atoms with E-state index in [-0.39, 0.29) is 5.91 Å². The van der Waals surface area contributed by atoms with Gasteiger partial charge in [-0.2, -0.15) is 0 Å². The lowest BCUT2D eigenvalue weighted by Gasteiger charge is -2.35. The monoisotopic (exact) mass is 347 g/mol. The third kappa shape index (κ3) is 3.79. The van der Waals surface area contributed by atoms with E-state index in [0.717, 1.165) is 24.0 Å². The third-order valence-corrected chi connectivity index (χ3v) is 4.83. The molecule has 1 saturated heterocycles. The minimum atomic E-state index is -0.509. The Balaban J connectivity index is 1.52.